The van der Waals surface area contributed by atoms with Gasteiger partial charge in [0.1, 0.15) is 0 Å². The monoisotopic (exact) mass is 191 g/mol. The van der Waals surface area contributed by atoms with Crippen molar-refractivity contribution in [2.24, 2.45) is 5.92 Å². The van der Waals surface area contributed by atoms with Gasteiger partial charge >= 0.3 is 63.1 Å². The second kappa shape index (κ2) is 3.25. The molecule has 0 N–H and O–H groups in total. The van der Waals surface area contributed by atoms with E-state index in [0.717, 1.165) is 0 Å². The molecule has 0 bridgehead atoms. The molecule has 0 radical (unpaired) electrons. The van der Waals surface area contributed by atoms with Gasteiger partial charge in [0, 0.05) is 0 Å². The normalized spacial score (nSPS) is 11.6. The van der Waals surface area contributed by atoms with E-state index >= 15 is 0 Å². The van der Waals surface area contributed by atoms with Crippen molar-refractivity contribution >= 4 is 15.0 Å². The Morgan fingerprint density at radius 2 is 1.89 bits per heavy atom. The molecule has 0 unspecified atom stereocenters. The minimum atomic E-state index is 0.140. The van der Waals surface area contributed by atoms with E-state index in [4.69, 9.17) is 5.26 Å². The van der Waals surface area contributed by atoms with Gasteiger partial charge in [-0.2, -0.15) is 0 Å². The van der Waals surface area contributed by atoms with Crippen molar-refractivity contribution in [2.45, 2.75) is 32.0 Å². The number of hydrogen-bond acceptors (Lipinski definition) is 1. The molecule has 0 atom stereocenters. The van der Waals surface area contributed by atoms with E-state index in [0.29, 0.717) is 5.92 Å². The Morgan fingerprint density at radius 3 is 2.00 bits per heavy atom. The van der Waals surface area contributed by atoms with Crippen molar-refractivity contribution in [1.82, 2.24) is 0 Å². The maximum atomic E-state index is 8.43. The average molecular weight is 190 g/mol. The van der Waals surface area contributed by atoms with Gasteiger partial charge in [0.2, 0.25) is 0 Å². The summed E-state index contributed by atoms with van der Waals surface area (Å²) < 4.78 is 0.252. The first kappa shape index (κ1) is 9.01. The minimum absolute atomic E-state index is 0.140. The molecule has 1 nitrogen and oxygen atoms in total. The molecule has 0 aliphatic carbocycles. The zero-order valence-corrected chi connectivity index (χ0v) is 8.15. The Labute approximate surface area is 63.6 Å². The summed E-state index contributed by atoms with van der Waals surface area (Å²) in [6.45, 7) is 8.64. The fraction of sp³-hybridized carbons (Fsp3) is 0.857. The van der Waals surface area contributed by atoms with Gasteiger partial charge in [0.15, 0.2) is 0 Å². The Balaban J connectivity index is 3.89. The van der Waals surface area contributed by atoms with Crippen LogP contribution in [0.3, 0.4) is 0 Å². The molecule has 0 aromatic rings. The molecular weight excluding hydrogens is 177 g/mol. The number of nitrogens with zero attached hydrogens (tertiary/aromatic N) is 1. The molecule has 0 spiro atoms. The molecule has 0 aromatic carbocycles. The van der Waals surface area contributed by atoms with Crippen molar-refractivity contribution < 1.29 is 0 Å². The predicted octanol–water partition coefficient (Wildman–Crippen LogP) is 2.03. The van der Waals surface area contributed by atoms with E-state index in [1.54, 1.807) is 0 Å². The van der Waals surface area contributed by atoms with Gasteiger partial charge in [-0.05, 0) is 0 Å². The number of rotatable bonds is 2. The average Bonchev–Trinajstić information content (AvgIpc) is 1.65. The van der Waals surface area contributed by atoms with Gasteiger partial charge in [0.25, 0.3) is 0 Å². The van der Waals surface area contributed by atoms with Crippen LogP contribution in [0, 0.1) is 16.1 Å². The first-order valence-electron chi connectivity index (χ1n) is 3.08. The summed E-state index contributed by atoms with van der Waals surface area (Å²) in [6.07, 6.45) is 0. The standard InChI is InChI=1S/C7H13NSe/c1-6(2)7(3,4)9-5-8/h6H,1-4H3. The zero-order valence-electron chi connectivity index (χ0n) is 6.43. The first-order valence-corrected chi connectivity index (χ1v) is 4.79. The molecular formula is C7H13NSe. The fourth-order valence-electron chi connectivity index (χ4n) is 0.235. The van der Waals surface area contributed by atoms with Crippen LogP contribution in [0.25, 0.3) is 0 Å². The van der Waals surface area contributed by atoms with Crippen molar-refractivity contribution in [3.63, 3.8) is 0 Å². The van der Waals surface area contributed by atoms with Crippen molar-refractivity contribution in [1.29, 1.82) is 5.26 Å². The molecule has 9 heavy (non-hydrogen) atoms. The van der Waals surface area contributed by atoms with Gasteiger partial charge in [0.05, 0.1) is 0 Å². The van der Waals surface area contributed by atoms with E-state index in [1.165, 1.54) is 0 Å². The Bertz CT molecular complexity index is 121. The molecule has 52 valence electrons. The summed E-state index contributed by atoms with van der Waals surface area (Å²) >= 11 is 0.140. The molecule has 0 aliphatic heterocycles. The molecule has 2 heteroatoms. The van der Waals surface area contributed by atoms with Crippen molar-refractivity contribution in [2.75, 3.05) is 0 Å². The summed E-state index contributed by atoms with van der Waals surface area (Å²) in [5, 5.41) is 8.43. The van der Waals surface area contributed by atoms with Crippen molar-refractivity contribution in [3.8, 4) is 4.97 Å². The molecule has 0 aliphatic rings. The summed E-state index contributed by atoms with van der Waals surface area (Å²) in [5.74, 6) is 0.622. The van der Waals surface area contributed by atoms with Crippen molar-refractivity contribution in [3.05, 3.63) is 0 Å². The Morgan fingerprint density at radius 1 is 1.44 bits per heavy atom. The Hall–Kier alpha value is 0.00948. The third kappa shape index (κ3) is 2.89. The Kier molecular flexibility index (Phi) is 3.25. The first-order chi connectivity index (χ1) is 4.00. The molecule has 0 amide bonds. The molecule has 0 saturated carbocycles. The van der Waals surface area contributed by atoms with Crippen LogP contribution in [0.4, 0.5) is 0 Å². The van der Waals surface area contributed by atoms with E-state index in [-0.39, 0.29) is 19.3 Å². The zero-order chi connectivity index (χ0) is 7.49. The fourth-order valence-corrected chi connectivity index (χ4v) is 1.22. The summed E-state index contributed by atoms with van der Waals surface area (Å²) in [6, 6.07) is 0. The van der Waals surface area contributed by atoms with Gasteiger partial charge in [-0.3, -0.25) is 0 Å². The van der Waals surface area contributed by atoms with Crippen LogP contribution in [0.15, 0.2) is 0 Å². The SMILES string of the molecule is CC(C)C(C)(C)[Se]C#N. The summed E-state index contributed by atoms with van der Waals surface area (Å²) in [5.41, 5.74) is 0. The van der Waals surface area contributed by atoms with Crippen LogP contribution >= 0.6 is 0 Å². The topological polar surface area (TPSA) is 23.8 Å². The van der Waals surface area contributed by atoms with E-state index < -0.39 is 0 Å². The van der Waals surface area contributed by atoms with Gasteiger partial charge < -0.3 is 0 Å². The quantitative estimate of drug-likeness (QED) is 0.611. The maximum absolute atomic E-state index is 8.43. The van der Waals surface area contributed by atoms with E-state index in [2.05, 4.69) is 32.7 Å². The third-order valence-corrected chi connectivity index (χ3v) is 3.98. The number of nitriles is 1. The molecule has 0 aromatic heterocycles. The molecule has 0 saturated heterocycles. The summed E-state index contributed by atoms with van der Waals surface area (Å²) in [7, 11) is 0. The van der Waals surface area contributed by atoms with Gasteiger partial charge in [-0.15, -0.1) is 0 Å². The van der Waals surface area contributed by atoms with Crippen LogP contribution in [0.2, 0.25) is 4.31 Å². The van der Waals surface area contributed by atoms with Crippen LogP contribution < -0.4 is 0 Å². The van der Waals surface area contributed by atoms with Gasteiger partial charge in [-0.1, -0.05) is 0 Å². The van der Waals surface area contributed by atoms with E-state index in [9.17, 15) is 0 Å². The van der Waals surface area contributed by atoms with Gasteiger partial charge in [-0.25, -0.2) is 0 Å². The third-order valence-electron chi connectivity index (χ3n) is 1.70. The number of hydrogen-bond donors (Lipinski definition) is 0. The summed E-state index contributed by atoms with van der Waals surface area (Å²) in [4.78, 5) is 2.25. The van der Waals surface area contributed by atoms with Crippen LogP contribution in [0.1, 0.15) is 27.7 Å². The van der Waals surface area contributed by atoms with Crippen LogP contribution in [0.5, 0.6) is 0 Å². The molecule has 0 rings (SSSR count). The van der Waals surface area contributed by atoms with Crippen LogP contribution in [-0.2, 0) is 0 Å². The molecule has 0 heterocycles. The second-order valence-electron chi connectivity index (χ2n) is 2.95. The van der Waals surface area contributed by atoms with Crippen LogP contribution in [-0.4, -0.2) is 15.0 Å². The predicted molar refractivity (Wildman–Crippen MR) is 40.2 cm³/mol. The second-order valence-corrected chi connectivity index (χ2v) is 5.97. The van der Waals surface area contributed by atoms with E-state index in [1.807, 2.05) is 0 Å². The molecule has 0 fully saturated rings.